The van der Waals surface area contributed by atoms with Crippen LogP contribution in [0.2, 0.25) is 10.0 Å². The van der Waals surface area contributed by atoms with Crippen LogP contribution in [0.3, 0.4) is 0 Å². The first-order valence-corrected chi connectivity index (χ1v) is 7.94. The molecular weight excluding hydrogens is 381 g/mol. The number of hydrogen-bond acceptors (Lipinski definition) is 5. The topological polar surface area (TPSA) is 96.9 Å². The Bertz CT molecular complexity index is 867. The molecule has 0 saturated heterocycles. The van der Waals surface area contributed by atoms with Gasteiger partial charge in [-0.15, -0.1) is 0 Å². The third kappa shape index (κ3) is 5.30. The normalized spacial score (nSPS) is 10.4. The molecule has 0 atom stereocenters. The van der Waals surface area contributed by atoms with Gasteiger partial charge in [0.25, 0.3) is 0 Å². The monoisotopic (exact) mass is 393 g/mol. The van der Waals surface area contributed by atoms with Crippen molar-refractivity contribution < 1.29 is 19.1 Å². The van der Waals surface area contributed by atoms with E-state index in [0.29, 0.717) is 26.9 Å². The molecule has 0 bridgehead atoms. The Kier molecular flexibility index (Phi) is 6.71. The second-order valence-corrected chi connectivity index (χ2v) is 5.71. The second kappa shape index (κ2) is 8.98. The van der Waals surface area contributed by atoms with Crippen LogP contribution in [0, 0.1) is 0 Å². The van der Waals surface area contributed by atoms with Gasteiger partial charge in [-0.2, -0.15) is 5.10 Å². The fraction of sp³-hybridized carbons (Fsp3) is 0.0588. The SMILES string of the molecule is COC(=O)c1ccc(NC(=O)C(=O)N/N=C\c2ccc(Cl)c(Cl)c2)cc1. The van der Waals surface area contributed by atoms with Crippen LogP contribution >= 0.6 is 23.2 Å². The van der Waals surface area contributed by atoms with Gasteiger partial charge in [-0.25, -0.2) is 10.2 Å². The van der Waals surface area contributed by atoms with Crippen LogP contribution in [0.25, 0.3) is 0 Å². The summed E-state index contributed by atoms with van der Waals surface area (Å²) < 4.78 is 4.57. The number of methoxy groups -OCH3 is 1. The Morgan fingerprint density at radius 2 is 1.69 bits per heavy atom. The van der Waals surface area contributed by atoms with Crippen LogP contribution < -0.4 is 10.7 Å². The average Bonchev–Trinajstić information content (AvgIpc) is 2.64. The molecule has 2 rings (SSSR count). The maximum atomic E-state index is 11.8. The molecular formula is C17H13Cl2N3O4. The van der Waals surface area contributed by atoms with Crippen LogP contribution in [0.5, 0.6) is 0 Å². The molecule has 2 N–H and O–H groups in total. The number of nitrogens with one attached hydrogen (secondary N) is 2. The first kappa shape index (κ1) is 19.4. The zero-order valence-corrected chi connectivity index (χ0v) is 15.0. The maximum absolute atomic E-state index is 11.8. The Labute approximate surface area is 158 Å². The van der Waals surface area contributed by atoms with E-state index in [1.807, 2.05) is 0 Å². The van der Waals surface area contributed by atoms with Crippen LogP contribution in [-0.2, 0) is 14.3 Å². The molecule has 0 aromatic heterocycles. The largest absolute Gasteiger partial charge is 0.465 e. The summed E-state index contributed by atoms with van der Waals surface area (Å²) in [6.07, 6.45) is 1.32. The van der Waals surface area contributed by atoms with E-state index >= 15 is 0 Å². The lowest BCUT2D eigenvalue weighted by Gasteiger charge is -2.05. The molecule has 0 fully saturated rings. The van der Waals surface area contributed by atoms with Crippen molar-refractivity contribution in [1.29, 1.82) is 0 Å². The average molecular weight is 394 g/mol. The van der Waals surface area contributed by atoms with Crippen molar-refractivity contribution in [2.75, 3.05) is 12.4 Å². The summed E-state index contributed by atoms with van der Waals surface area (Å²) >= 11 is 11.7. The van der Waals surface area contributed by atoms with Gasteiger partial charge in [0, 0.05) is 5.69 Å². The number of carbonyl (C=O) groups is 3. The van der Waals surface area contributed by atoms with Crippen LogP contribution in [-0.4, -0.2) is 31.1 Å². The number of halogens is 2. The summed E-state index contributed by atoms with van der Waals surface area (Å²) in [7, 11) is 1.26. The fourth-order valence-corrected chi connectivity index (χ4v) is 2.11. The summed E-state index contributed by atoms with van der Waals surface area (Å²) in [5.74, 6) is -2.38. The number of hydrazone groups is 1. The smallest absolute Gasteiger partial charge is 0.337 e. The zero-order valence-electron chi connectivity index (χ0n) is 13.5. The summed E-state index contributed by atoms with van der Waals surface area (Å²) in [5, 5.41) is 6.79. The number of ether oxygens (including phenoxy) is 1. The van der Waals surface area contributed by atoms with Gasteiger partial charge in [-0.05, 0) is 42.0 Å². The number of benzene rings is 2. The number of nitrogens with zero attached hydrogens (tertiary/aromatic N) is 1. The van der Waals surface area contributed by atoms with Gasteiger partial charge in [0.1, 0.15) is 0 Å². The Morgan fingerprint density at radius 1 is 1.00 bits per heavy atom. The van der Waals surface area contributed by atoms with E-state index in [0.717, 1.165) is 0 Å². The molecule has 7 nitrogen and oxygen atoms in total. The van der Waals surface area contributed by atoms with Gasteiger partial charge < -0.3 is 10.1 Å². The van der Waals surface area contributed by atoms with Crippen molar-refractivity contribution in [2.45, 2.75) is 0 Å². The van der Waals surface area contributed by atoms with E-state index in [2.05, 4.69) is 20.6 Å². The number of amides is 2. The highest BCUT2D eigenvalue weighted by Gasteiger charge is 2.13. The molecule has 0 spiro atoms. The minimum absolute atomic E-state index is 0.321. The summed E-state index contributed by atoms with van der Waals surface area (Å²) in [5.41, 5.74) is 3.35. The van der Waals surface area contributed by atoms with Crippen molar-refractivity contribution in [3.8, 4) is 0 Å². The predicted molar refractivity (Wildman–Crippen MR) is 98.6 cm³/mol. The lowest BCUT2D eigenvalue weighted by molar-refractivity contribution is -0.136. The highest BCUT2D eigenvalue weighted by atomic mass is 35.5. The minimum atomic E-state index is -0.960. The third-order valence-electron chi connectivity index (χ3n) is 3.09. The van der Waals surface area contributed by atoms with Crippen LogP contribution in [0.1, 0.15) is 15.9 Å². The number of esters is 1. The third-order valence-corrected chi connectivity index (χ3v) is 3.83. The van der Waals surface area contributed by atoms with E-state index in [1.54, 1.807) is 18.2 Å². The Balaban J connectivity index is 1.90. The summed E-state index contributed by atoms with van der Waals surface area (Å²) in [4.78, 5) is 34.8. The molecule has 0 aliphatic carbocycles. The van der Waals surface area contributed by atoms with Gasteiger partial charge in [0.05, 0.1) is 28.9 Å². The Hall–Kier alpha value is -2.90. The van der Waals surface area contributed by atoms with E-state index < -0.39 is 17.8 Å². The van der Waals surface area contributed by atoms with Crippen molar-refractivity contribution >= 4 is 52.9 Å². The van der Waals surface area contributed by atoms with Crippen LogP contribution in [0.4, 0.5) is 5.69 Å². The van der Waals surface area contributed by atoms with Crippen molar-refractivity contribution in [3.05, 3.63) is 63.6 Å². The van der Waals surface area contributed by atoms with E-state index in [1.165, 1.54) is 37.6 Å². The lowest BCUT2D eigenvalue weighted by atomic mass is 10.2. The zero-order chi connectivity index (χ0) is 19.1. The molecule has 0 saturated carbocycles. The molecule has 2 aromatic carbocycles. The van der Waals surface area contributed by atoms with E-state index in [9.17, 15) is 14.4 Å². The van der Waals surface area contributed by atoms with Crippen molar-refractivity contribution in [3.63, 3.8) is 0 Å². The summed E-state index contributed by atoms with van der Waals surface area (Å²) in [6, 6.07) is 10.6. The molecule has 2 amide bonds. The molecule has 134 valence electrons. The predicted octanol–water partition coefficient (Wildman–Crippen LogP) is 2.87. The van der Waals surface area contributed by atoms with E-state index in [4.69, 9.17) is 23.2 Å². The van der Waals surface area contributed by atoms with E-state index in [-0.39, 0.29) is 0 Å². The van der Waals surface area contributed by atoms with Crippen molar-refractivity contribution in [2.24, 2.45) is 5.10 Å². The Morgan fingerprint density at radius 3 is 2.31 bits per heavy atom. The molecule has 0 radical (unpaired) electrons. The lowest BCUT2D eigenvalue weighted by Crippen LogP contribution is -2.32. The van der Waals surface area contributed by atoms with Gasteiger partial charge >= 0.3 is 17.8 Å². The first-order valence-electron chi connectivity index (χ1n) is 7.18. The molecule has 2 aromatic rings. The van der Waals surface area contributed by atoms with Gasteiger partial charge in [0.15, 0.2) is 0 Å². The number of hydrogen-bond donors (Lipinski definition) is 2. The highest BCUT2D eigenvalue weighted by molar-refractivity contribution is 6.42. The second-order valence-electron chi connectivity index (χ2n) is 4.90. The van der Waals surface area contributed by atoms with Gasteiger partial charge in [-0.1, -0.05) is 29.3 Å². The quantitative estimate of drug-likeness (QED) is 0.361. The van der Waals surface area contributed by atoms with Crippen LogP contribution in [0.15, 0.2) is 47.6 Å². The van der Waals surface area contributed by atoms with Gasteiger partial charge in [0.2, 0.25) is 0 Å². The molecule has 0 aliphatic heterocycles. The molecule has 9 heteroatoms. The maximum Gasteiger partial charge on any atom is 0.337 e. The first-order chi connectivity index (χ1) is 12.4. The van der Waals surface area contributed by atoms with Gasteiger partial charge in [-0.3, -0.25) is 9.59 Å². The molecule has 0 aliphatic rings. The standard InChI is InChI=1S/C17H13Cl2N3O4/c1-26-17(25)11-3-5-12(6-4-11)21-15(23)16(24)22-20-9-10-2-7-13(18)14(19)8-10/h2-9H,1H3,(H,21,23)(H,22,24)/b20-9-. The molecule has 26 heavy (non-hydrogen) atoms. The van der Waals surface area contributed by atoms with Crippen molar-refractivity contribution in [1.82, 2.24) is 5.43 Å². The number of anilines is 1. The number of rotatable bonds is 4. The molecule has 0 heterocycles. The molecule has 0 unspecified atom stereocenters. The highest BCUT2D eigenvalue weighted by Crippen LogP contribution is 2.21. The number of carbonyl (C=O) groups excluding carboxylic acids is 3. The fourth-order valence-electron chi connectivity index (χ4n) is 1.80. The summed E-state index contributed by atoms with van der Waals surface area (Å²) in [6.45, 7) is 0. The minimum Gasteiger partial charge on any atom is -0.465 e.